The van der Waals surface area contributed by atoms with Crippen molar-refractivity contribution in [1.82, 2.24) is 0 Å². The number of anilines is 2. The Morgan fingerprint density at radius 1 is 1.44 bits per heavy atom. The van der Waals surface area contributed by atoms with E-state index in [0.29, 0.717) is 17.9 Å². The summed E-state index contributed by atoms with van der Waals surface area (Å²) in [7, 11) is 3.32. The van der Waals surface area contributed by atoms with Crippen molar-refractivity contribution in [3.8, 4) is 5.75 Å². The lowest BCUT2D eigenvalue weighted by Crippen LogP contribution is -2.14. The van der Waals surface area contributed by atoms with Gasteiger partial charge in [0.2, 0.25) is 5.91 Å². The van der Waals surface area contributed by atoms with E-state index in [1.54, 1.807) is 26.3 Å². The van der Waals surface area contributed by atoms with E-state index < -0.39 is 5.91 Å². The molecule has 0 saturated carbocycles. The molecule has 1 rings (SSSR count). The number of hydrogen-bond donors (Lipinski definition) is 4. The average molecular weight is 252 g/mol. The Morgan fingerprint density at radius 2 is 2.17 bits per heavy atom. The molecule has 0 aliphatic heterocycles. The molecule has 6 heteroatoms. The topological polar surface area (TPSA) is 102 Å². The number of methoxy groups -OCH3 is 1. The lowest BCUT2D eigenvalue weighted by molar-refractivity contribution is 0.1000. The summed E-state index contributed by atoms with van der Waals surface area (Å²) >= 11 is 0. The highest BCUT2D eigenvalue weighted by molar-refractivity contribution is 5.96. The number of carbonyl (C=O) groups excluding carboxylic acids is 1. The minimum Gasteiger partial charge on any atom is -0.494 e. The van der Waals surface area contributed by atoms with E-state index in [1.165, 1.54) is 0 Å². The molecule has 0 bridgehead atoms. The first-order valence-corrected chi connectivity index (χ1v) is 5.77. The zero-order chi connectivity index (χ0) is 13.5. The number of nitrogens with one attached hydrogen (secondary N) is 2. The minimum atomic E-state index is -0.488. The van der Waals surface area contributed by atoms with Crippen molar-refractivity contribution in [1.29, 1.82) is 0 Å². The fourth-order valence-electron chi connectivity index (χ4n) is 1.61. The molecule has 0 saturated heterocycles. The molecule has 6 N–H and O–H groups in total. The molecule has 0 unspecified atom stereocenters. The largest absolute Gasteiger partial charge is 0.494 e. The zero-order valence-corrected chi connectivity index (χ0v) is 10.7. The molecule has 0 heterocycles. The summed E-state index contributed by atoms with van der Waals surface area (Å²) in [5.41, 5.74) is 12.7. The quantitative estimate of drug-likeness (QED) is 0.532. The van der Waals surface area contributed by atoms with Crippen molar-refractivity contribution in [2.24, 2.45) is 11.5 Å². The summed E-state index contributed by atoms with van der Waals surface area (Å²) in [6, 6.07) is 3.31. The fraction of sp³-hybridized carbons (Fsp3) is 0.417. The van der Waals surface area contributed by atoms with Gasteiger partial charge in [0.15, 0.2) is 0 Å². The van der Waals surface area contributed by atoms with Crippen molar-refractivity contribution in [2.45, 2.75) is 6.42 Å². The Hall–Kier alpha value is -1.95. The third-order valence-corrected chi connectivity index (χ3v) is 2.56. The number of ether oxygens (including phenoxy) is 1. The van der Waals surface area contributed by atoms with Gasteiger partial charge in [-0.2, -0.15) is 0 Å². The van der Waals surface area contributed by atoms with E-state index in [4.69, 9.17) is 16.2 Å². The van der Waals surface area contributed by atoms with Crippen LogP contribution < -0.4 is 26.8 Å². The zero-order valence-electron chi connectivity index (χ0n) is 10.7. The van der Waals surface area contributed by atoms with Gasteiger partial charge in [-0.3, -0.25) is 4.79 Å². The van der Waals surface area contributed by atoms with Gasteiger partial charge in [0, 0.05) is 19.2 Å². The normalized spacial score (nSPS) is 9.94. The van der Waals surface area contributed by atoms with Crippen LogP contribution in [0.3, 0.4) is 0 Å². The van der Waals surface area contributed by atoms with Gasteiger partial charge in [0.05, 0.1) is 12.8 Å². The SMILES string of the molecule is CNc1cc(C(N)=O)cc(OC)c1NCCCN. The molecule has 0 aliphatic carbocycles. The molecule has 0 atom stereocenters. The van der Waals surface area contributed by atoms with Crippen LogP contribution in [0.1, 0.15) is 16.8 Å². The van der Waals surface area contributed by atoms with Gasteiger partial charge >= 0.3 is 0 Å². The maximum atomic E-state index is 11.2. The van der Waals surface area contributed by atoms with Crippen LogP contribution in [0.25, 0.3) is 0 Å². The Bertz CT molecular complexity index is 396. The molecule has 0 radical (unpaired) electrons. The molecule has 1 aromatic carbocycles. The lowest BCUT2D eigenvalue weighted by Gasteiger charge is -2.16. The van der Waals surface area contributed by atoms with E-state index in [9.17, 15) is 4.79 Å². The summed E-state index contributed by atoms with van der Waals surface area (Å²) < 4.78 is 5.27. The van der Waals surface area contributed by atoms with Crippen LogP contribution in [0, 0.1) is 0 Å². The molecule has 100 valence electrons. The Kier molecular flexibility index (Phi) is 5.26. The third kappa shape index (κ3) is 3.27. The second-order valence-corrected chi connectivity index (χ2v) is 3.78. The smallest absolute Gasteiger partial charge is 0.248 e. The molecule has 1 amide bonds. The number of primary amides is 1. The molecule has 6 nitrogen and oxygen atoms in total. The van der Waals surface area contributed by atoms with Crippen molar-refractivity contribution < 1.29 is 9.53 Å². The summed E-state index contributed by atoms with van der Waals surface area (Å²) in [5.74, 6) is 0.0889. The number of rotatable bonds is 7. The van der Waals surface area contributed by atoms with Crippen LogP contribution in [0.2, 0.25) is 0 Å². The van der Waals surface area contributed by atoms with Crippen LogP contribution >= 0.6 is 0 Å². The summed E-state index contributed by atoms with van der Waals surface area (Å²) in [4.78, 5) is 11.2. The third-order valence-electron chi connectivity index (χ3n) is 2.56. The number of carbonyl (C=O) groups is 1. The second kappa shape index (κ2) is 6.70. The van der Waals surface area contributed by atoms with Crippen LogP contribution in [0.5, 0.6) is 5.75 Å². The van der Waals surface area contributed by atoms with Crippen LogP contribution in [-0.2, 0) is 0 Å². The molecular formula is C12H20N4O2. The minimum absolute atomic E-state index is 0.403. The first-order chi connectivity index (χ1) is 8.63. The Balaban J connectivity index is 3.09. The highest BCUT2D eigenvalue weighted by atomic mass is 16.5. The van der Waals surface area contributed by atoms with E-state index >= 15 is 0 Å². The predicted octanol–water partition coefficient (Wildman–Crippen LogP) is 0.597. The van der Waals surface area contributed by atoms with Gasteiger partial charge in [-0.1, -0.05) is 0 Å². The number of nitrogens with two attached hydrogens (primary N) is 2. The van der Waals surface area contributed by atoms with Gasteiger partial charge in [-0.05, 0) is 25.1 Å². The van der Waals surface area contributed by atoms with Crippen molar-refractivity contribution >= 4 is 17.3 Å². The van der Waals surface area contributed by atoms with E-state index in [0.717, 1.165) is 24.3 Å². The molecular weight excluding hydrogens is 232 g/mol. The molecule has 0 aliphatic rings. The van der Waals surface area contributed by atoms with Gasteiger partial charge in [-0.15, -0.1) is 0 Å². The maximum absolute atomic E-state index is 11.2. The first-order valence-electron chi connectivity index (χ1n) is 5.77. The highest BCUT2D eigenvalue weighted by Gasteiger charge is 2.13. The lowest BCUT2D eigenvalue weighted by atomic mass is 10.1. The van der Waals surface area contributed by atoms with Crippen molar-refractivity contribution in [2.75, 3.05) is 37.9 Å². The van der Waals surface area contributed by atoms with Crippen LogP contribution in [0.4, 0.5) is 11.4 Å². The van der Waals surface area contributed by atoms with E-state index in [1.807, 2.05) is 0 Å². The van der Waals surface area contributed by atoms with Crippen LogP contribution in [0.15, 0.2) is 12.1 Å². The van der Waals surface area contributed by atoms with Gasteiger partial charge in [0.1, 0.15) is 11.4 Å². The Morgan fingerprint density at radius 3 is 2.67 bits per heavy atom. The second-order valence-electron chi connectivity index (χ2n) is 3.78. The Labute approximate surface area is 107 Å². The summed E-state index contributed by atoms with van der Waals surface area (Å²) in [5, 5.41) is 6.24. The van der Waals surface area contributed by atoms with Gasteiger partial charge < -0.3 is 26.8 Å². The average Bonchev–Trinajstić information content (AvgIpc) is 2.38. The summed E-state index contributed by atoms with van der Waals surface area (Å²) in [6.07, 6.45) is 0.851. The standard InChI is InChI=1S/C12H20N4O2/c1-15-9-6-8(12(14)17)7-10(18-2)11(9)16-5-3-4-13/h6-7,15-16H,3-5,13H2,1-2H3,(H2,14,17). The molecule has 18 heavy (non-hydrogen) atoms. The molecule has 0 aromatic heterocycles. The highest BCUT2D eigenvalue weighted by Crippen LogP contribution is 2.34. The van der Waals surface area contributed by atoms with Crippen molar-refractivity contribution in [3.05, 3.63) is 17.7 Å². The number of amides is 1. The molecule has 1 aromatic rings. The first kappa shape index (κ1) is 14.1. The van der Waals surface area contributed by atoms with Crippen molar-refractivity contribution in [3.63, 3.8) is 0 Å². The summed E-state index contributed by atoms with van der Waals surface area (Å²) in [6.45, 7) is 1.35. The molecule has 0 fully saturated rings. The van der Waals surface area contributed by atoms with Crippen LogP contribution in [-0.4, -0.2) is 33.2 Å². The molecule has 0 spiro atoms. The maximum Gasteiger partial charge on any atom is 0.248 e. The monoisotopic (exact) mass is 252 g/mol. The fourth-order valence-corrected chi connectivity index (χ4v) is 1.61. The number of hydrogen-bond acceptors (Lipinski definition) is 5. The van der Waals surface area contributed by atoms with E-state index in [2.05, 4.69) is 10.6 Å². The van der Waals surface area contributed by atoms with E-state index in [-0.39, 0.29) is 0 Å². The predicted molar refractivity (Wildman–Crippen MR) is 73.2 cm³/mol. The number of benzene rings is 1. The van der Waals surface area contributed by atoms with Gasteiger partial charge in [-0.25, -0.2) is 0 Å². The van der Waals surface area contributed by atoms with Gasteiger partial charge in [0.25, 0.3) is 0 Å².